The highest BCUT2D eigenvalue weighted by atomic mass is 16.1. The molecule has 3 heteroatoms. The number of nitrogens with one attached hydrogen (secondary N) is 1. The van der Waals surface area contributed by atoms with Crippen LogP contribution in [0.3, 0.4) is 0 Å². The van der Waals surface area contributed by atoms with Crippen molar-refractivity contribution < 1.29 is 4.79 Å². The van der Waals surface area contributed by atoms with Gasteiger partial charge in [-0.1, -0.05) is 6.92 Å². The first-order valence-corrected chi connectivity index (χ1v) is 4.21. The van der Waals surface area contributed by atoms with Crippen molar-refractivity contribution in [2.45, 2.75) is 6.92 Å². The van der Waals surface area contributed by atoms with Crippen molar-refractivity contribution in [1.29, 1.82) is 0 Å². The molecule has 1 aliphatic rings. The Morgan fingerprint density at radius 3 is 2.73 bits per heavy atom. The highest BCUT2D eigenvalue weighted by Crippen LogP contribution is 1.97. The quantitative estimate of drug-likeness (QED) is 0.571. The van der Waals surface area contributed by atoms with Gasteiger partial charge >= 0.3 is 0 Å². The highest BCUT2D eigenvalue weighted by Gasteiger charge is 2.11. The zero-order chi connectivity index (χ0) is 8.10. The summed E-state index contributed by atoms with van der Waals surface area (Å²) < 4.78 is 0. The predicted octanol–water partition coefficient (Wildman–Crippen LogP) is -0.273. The van der Waals surface area contributed by atoms with Gasteiger partial charge in [-0.25, -0.2) is 0 Å². The molecule has 0 saturated carbocycles. The van der Waals surface area contributed by atoms with E-state index in [0.717, 1.165) is 39.0 Å². The lowest BCUT2D eigenvalue weighted by atomic mass is 10.2. The number of carbonyl (C=O) groups excluding carboxylic acids is 1. The van der Waals surface area contributed by atoms with Gasteiger partial charge in [0.2, 0.25) is 0 Å². The molecule has 1 unspecified atom stereocenters. The Balaban J connectivity index is 2.18. The Labute approximate surface area is 67.8 Å². The second-order valence-corrected chi connectivity index (χ2v) is 3.16. The average molecular weight is 156 g/mol. The molecule has 0 aromatic rings. The Kier molecular flexibility index (Phi) is 3.52. The molecule has 0 amide bonds. The number of piperazine rings is 1. The third kappa shape index (κ3) is 2.99. The molecular weight excluding hydrogens is 140 g/mol. The van der Waals surface area contributed by atoms with Crippen molar-refractivity contribution in [1.82, 2.24) is 10.2 Å². The van der Waals surface area contributed by atoms with E-state index in [-0.39, 0.29) is 5.92 Å². The molecule has 3 nitrogen and oxygen atoms in total. The van der Waals surface area contributed by atoms with E-state index in [2.05, 4.69) is 10.2 Å². The van der Waals surface area contributed by atoms with Crippen LogP contribution in [0.1, 0.15) is 6.92 Å². The van der Waals surface area contributed by atoms with Gasteiger partial charge in [0, 0.05) is 38.6 Å². The van der Waals surface area contributed by atoms with Gasteiger partial charge in [0.1, 0.15) is 6.29 Å². The highest BCUT2D eigenvalue weighted by molar-refractivity contribution is 5.52. The Morgan fingerprint density at radius 2 is 2.18 bits per heavy atom. The van der Waals surface area contributed by atoms with Crippen molar-refractivity contribution in [2.24, 2.45) is 5.92 Å². The molecule has 1 saturated heterocycles. The van der Waals surface area contributed by atoms with E-state index < -0.39 is 0 Å². The van der Waals surface area contributed by atoms with E-state index in [1.165, 1.54) is 0 Å². The topological polar surface area (TPSA) is 32.3 Å². The van der Waals surface area contributed by atoms with Crippen LogP contribution in [0.5, 0.6) is 0 Å². The van der Waals surface area contributed by atoms with Gasteiger partial charge in [0.15, 0.2) is 0 Å². The van der Waals surface area contributed by atoms with Gasteiger partial charge in [-0.2, -0.15) is 0 Å². The minimum Gasteiger partial charge on any atom is -0.314 e. The summed E-state index contributed by atoms with van der Waals surface area (Å²) in [6, 6.07) is 0. The van der Waals surface area contributed by atoms with Crippen LogP contribution in [0, 0.1) is 5.92 Å². The molecule has 0 aromatic carbocycles. The Morgan fingerprint density at radius 1 is 1.55 bits per heavy atom. The molecule has 64 valence electrons. The van der Waals surface area contributed by atoms with Gasteiger partial charge in [-0.15, -0.1) is 0 Å². The molecule has 1 heterocycles. The standard InChI is InChI=1S/C8H16N2O/c1-8(7-11)6-10-4-2-9-3-5-10/h7-9H,2-6H2,1H3. The fraction of sp³-hybridized carbons (Fsp3) is 0.875. The number of carbonyl (C=O) groups is 1. The Hall–Kier alpha value is -0.410. The lowest BCUT2D eigenvalue weighted by Gasteiger charge is -2.28. The van der Waals surface area contributed by atoms with Crippen molar-refractivity contribution in [3.63, 3.8) is 0 Å². The first-order valence-electron chi connectivity index (χ1n) is 4.21. The summed E-state index contributed by atoms with van der Waals surface area (Å²) in [5.41, 5.74) is 0. The lowest BCUT2D eigenvalue weighted by molar-refractivity contribution is -0.111. The van der Waals surface area contributed by atoms with Gasteiger partial charge in [0.05, 0.1) is 0 Å². The van der Waals surface area contributed by atoms with Crippen molar-refractivity contribution in [2.75, 3.05) is 32.7 Å². The van der Waals surface area contributed by atoms with Crippen LogP contribution in [-0.4, -0.2) is 43.9 Å². The fourth-order valence-electron chi connectivity index (χ4n) is 1.34. The minimum atomic E-state index is 0.188. The lowest BCUT2D eigenvalue weighted by Crippen LogP contribution is -2.45. The monoisotopic (exact) mass is 156 g/mol. The van der Waals surface area contributed by atoms with E-state index in [1.807, 2.05) is 6.92 Å². The summed E-state index contributed by atoms with van der Waals surface area (Å²) in [7, 11) is 0. The van der Waals surface area contributed by atoms with Gasteiger partial charge in [0.25, 0.3) is 0 Å². The van der Waals surface area contributed by atoms with Crippen molar-refractivity contribution >= 4 is 6.29 Å². The molecule has 1 atom stereocenters. The van der Waals surface area contributed by atoms with Gasteiger partial charge < -0.3 is 15.0 Å². The number of aldehydes is 1. The minimum absolute atomic E-state index is 0.188. The molecule has 1 rings (SSSR count). The number of nitrogens with zero attached hydrogens (tertiary/aromatic N) is 1. The molecule has 0 bridgehead atoms. The molecule has 1 N–H and O–H groups in total. The summed E-state index contributed by atoms with van der Waals surface area (Å²) in [5, 5.41) is 3.28. The van der Waals surface area contributed by atoms with Crippen LogP contribution in [0.15, 0.2) is 0 Å². The van der Waals surface area contributed by atoms with Gasteiger partial charge in [-0.05, 0) is 0 Å². The average Bonchev–Trinajstić information content (AvgIpc) is 2.06. The summed E-state index contributed by atoms with van der Waals surface area (Å²) in [5.74, 6) is 0.188. The summed E-state index contributed by atoms with van der Waals surface area (Å²) in [6.07, 6.45) is 1.03. The molecular formula is C8H16N2O. The largest absolute Gasteiger partial charge is 0.314 e. The van der Waals surface area contributed by atoms with Crippen LogP contribution < -0.4 is 5.32 Å². The predicted molar refractivity (Wildman–Crippen MR) is 44.5 cm³/mol. The molecule has 1 fully saturated rings. The fourth-order valence-corrected chi connectivity index (χ4v) is 1.34. The molecule has 0 radical (unpaired) electrons. The summed E-state index contributed by atoms with van der Waals surface area (Å²) in [4.78, 5) is 12.7. The maximum absolute atomic E-state index is 10.3. The maximum atomic E-state index is 10.3. The Bertz CT molecular complexity index is 121. The van der Waals surface area contributed by atoms with Gasteiger partial charge in [-0.3, -0.25) is 0 Å². The zero-order valence-corrected chi connectivity index (χ0v) is 7.05. The second-order valence-electron chi connectivity index (χ2n) is 3.16. The SMILES string of the molecule is CC(C=O)CN1CCNCC1. The summed E-state index contributed by atoms with van der Waals surface area (Å²) in [6.45, 7) is 7.17. The van der Waals surface area contributed by atoms with E-state index >= 15 is 0 Å². The van der Waals surface area contributed by atoms with E-state index in [0.29, 0.717) is 0 Å². The van der Waals surface area contributed by atoms with Crippen LogP contribution in [0.4, 0.5) is 0 Å². The molecule has 11 heavy (non-hydrogen) atoms. The smallest absolute Gasteiger partial charge is 0.124 e. The normalized spacial score (nSPS) is 23.0. The molecule has 0 aromatic heterocycles. The maximum Gasteiger partial charge on any atom is 0.124 e. The number of hydrogen-bond acceptors (Lipinski definition) is 3. The number of hydrogen-bond donors (Lipinski definition) is 1. The van der Waals surface area contributed by atoms with Crippen LogP contribution >= 0.6 is 0 Å². The molecule has 0 spiro atoms. The zero-order valence-electron chi connectivity index (χ0n) is 7.05. The van der Waals surface area contributed by atoms with Crippen molar-refractivity contribution in [3.8, 4) is 0 Å². The van der Waals surface area contributed by atoms with Crippen molar-refractivity contribution in [3.05, 3.63) is 0 Å². The van der Waals surface area contributed by atoms with Crippen LogP contribution in [-0.2, 0) is 4.79 Å². The van der Waals surface area contributed by atoms with E-state index in [9.17, 15) is 4.79 Å². The third-order valence-corrected chi connectivity index (χ3v) is 1.99. The first-order chi connectivity index (χ1) is 5.33. The van der Waals surface area contributed by atoms with E-state index in [4.69, 9.17) is 0 Å². The third-order valence-electron chi connectivity index (χ3n) is 1.99. The van der Waals surface area contributed by atoms with Crippen LogP contribution in [0.25, 0.3) is 0 Å². The molecule has 1 aliphatic heterocycles. The molecule has 0 aliphatic carbocycles. The second kappa shape index (κ2) is 4.46. The van der Waals surface area contributed by atoms with E-state index in [1.54, 1.807) is 0 Å². The summed E-state index contributed by atoms with van der Waals surface area (Å²) >= 11 is 0. The first kappa shape index (κ1) is 8.68. The number of rotatable bonds is 3. The van der Waals surface area contributed by atoms with Crippen LogP contribution in [0.2, 0.25) is 0 Å².